The molecule has 1 aromatic rings. The Kier molecular flexibility index (Phi) is 3.62. The summed E-state index contributed by atoms with van der Waals surface area (Å²) in [5.41, 5.74) is -1.19. The molecule has 0 bridgehead atoms. The van der Waals surface area contributed by atoms with Crippen molar-refractivity contribution in [3.05, 3.63) is 35.4 Å². The number of hydrogen-bond donors (Lipinski definition) is 0. The number of hydrogen-bond acceptors (Lipinski definition) is 2. The first-order chi connectivity index (χ1) is 7.39. The van der Waals surface area contributed by atoms with Crippen molar-refractivity contribution >= 4 is 5.97 Å². The first-order valence-corrected chi connectivity index (χ1v) is 5.02. The van der Waals surface area contributed by atoms with Gasteiger partial charge in [-0.1, -0.05) is 0 Å². The maximum atomic E-state index is 13.5. The average Bonchev–Trinajstić information content (AvgIpc) is 2.22. The van der Waals surface area contributed by atoms with E-state index in [1.54, 1.807) is 6.92 Å². The second-order valence-electron chi connectivity index (χ2n) is 3.97. The zero-order valence-corrected chi connectivity index (χ0v) is 9.51. The Morgan fingerprint density at radius 2 is 2.00 bits per heavy atom. The molecule has 1 aromatic carbocycles. The first kappa shape index (κ1) is 12.6. The molecule has 16 heavy (non-hydrogen) atoms. The summed E-state index contributed by atoms with van der Waals surface area (Å²) in [6.07, 6.45) is 0. The fourth-order valence-electron chi connectivity index (χ4n) is 1.40. The highest BCUT2D eigenvalue weighted by Gasteiger charge is 2.34. The van der Waals surface area contributed by atoms with Crippen LogP contribution in [0.3, 0.4) is 0 Å². The third-order valence-corrected chi connectivity index (χ3v) is 2.39. The molecule has 1 rings (SSSR count). The van der Waals surface area contributed by atoms with Crippen LogP contribution in [0.5, 0.6) is 0 Å². The second-order valence-corrected chi connectivity index (χ2v) is 3.97. The number of ether oxygens (including phenoxy) is 1. The molecule has 2 nitrogen and oxygen atoms in total. The van der Waals surface area contributed by atoms with Gasteiger partial charge in [-0.15, -0.1) is 0 Å². The van der Waals surface area contributed by atoms with E-state index in [0.717, 1.165) is 18.2 Å². The first-order valence-electron chi connectivity index (χ1n) is 5.02. The summed E-state index contributed by atoms with van der Waals surface area (Å²) in [5.74, 6) is -1.76. The van der Waals surface area contributed by atoms with E-state index in [1.807, 2.05) is 0 Å². The summed E-state index contributed by atoms with van der Waals surface area (Å²) in [6, 6.07) is 3.04. The molecule has 0 aliphatic rings. The van der Waals surface area contributed by atoms with Crippen LogP contribution in [0.1, 0.15) is 26.3 Å². The Labute approximate surface area is 93.2 Å². The molecule has 0 amide bonds. The third kappa shape index (κ3) is 2.38. The van der Waals surface area contributed by atoms with Gasteiger partial charge in [0.25, 0.3) is 0 Å². The number of carbonyl (C=O) groups is 1. The molecule has 0 saturated carbocycles. The van der Waals surface area contributed by atoms with Gasteiger partial charge in [-0.25, -0.2) is 8.78 Å². The van der Waals surface area contributed by atoms with Gasteiger partial charge in [-0.3, -0.25) is 4.79 Å². The van der Waals surface area contributed by atoms with Crippen LogP contribution in [-0.2, 0) is 14.9 Å². The molecule has 0 aliphatic carbocycles. The number of carbonyl (C=O) groups excluding carboxylic acids is 1. The SMILES string of the molecule is CCOC(=O)C(C)(C)c1cc(F)ccc1F. The highest BCUT2D eigenvalue weighted by atomic mass is 19.1. The highest BCUT2D eigenvalue weighted by Crippen LogP contribution is 2.27. The Hall–Kier alpha value is -1.45. The van der Waals surface area contributed by atoms with Crippen LogP contribution < -0.4 is 0 Å². The smallest absolute Gasteiger partial charge is 0.316 e. The molecule has 0 radical (unpaired) electrons. The lowest BCUT2D eigenvalue weighted by Gasteiger charge is -2.23. The van der Waals surface area contributed by atoms with Gasteiger partial charge in [-0.05, 0) is 39.0 Å². The maximum absolute atomic E-state index is 13.5. The predicted molar refractivity (Wildman–Crippen MR) is 56.0 cm³/mol. The van der Waals surface area contributed by atoms with Crippen molar-refractivity contribution in [3.63, 3.8) is 0 Å². The Morgan fingerprint density at radius 1 is 1.38 bits per heavy atom. The van der Waals surface area contributed by atoms with Crippen LogP contribution >= 0.6 is 0 Å². The van der Waals surface area contributed by atoms with Gasteiger partial charge < -0.3 is 4.74 Å². The summed E-state index contributed by atoms with van der Waals surface area (Å²) in [4.78, 5) is 11.6. The van der Waals surface area contributed by atoms with Crippen molar-refractivity contribution in [2.75, 3.05) is 6.61 Å². The van der Waals surface area contributed by atoms with Crippen molar-refractivity contribution in [2.24, 2.45) is 0 Å². The number of halogens is 2. The molecule has 0 saturated heterocycles. The molecule has 0 unspecified atom stereocenters. The van der Waals surface area contributed by atoms with Crippen molar-refractivity contribution in [1.29, 1.82) is 0 Å². The zero-order chi connectivity index (χ0) is 12.3. The van der Waals surface area contributed by atoms with Crippen LogP contribution in [0.2, 0.25) is 0 Å². The van der Waals surface area contributed by atoms with Crippen molar-refractivity contribution < 1.29 is 18.3 Å². The van der Waals surface area contributed by atoms with E-state index >= 15 is 0 Å². The van der Waals surface area contributed by atoms with E-state index in [2.05, 4.69) is 0 Å². The molecule has 0 heterocycles. The summed E-state index contributed by atoms with van der Waals surface area (Å²) in [7, 11) is 0. The summed E-state index contributed by atoms with van der Waals surface area (Å²) < 4.78 is 31.3. The molecule has 4 heteroatoms. The largest absolute Gasteiger partial charge is 0.465 e. The molecular weight excluding hydrogens is 214 g/mol. The number of benzene rings is 1. The van der Waals surface area contributed by atoms with E-state index in [0.29, 0.717) is 0 Å². The fraction of sp³-hybridized carbons (Fsp3) is 0.417. The Bertz CT molecular complexity index is 400. The molecule has 0 N–H and O–H groups in total. The van der Waals surface area contributed by atoms with E-state index in [9.17, 15) is 13.6 Å². The molecule has 0 aromatic heterocycles. The van der Waals surface area contributed by atoms with Gasteiger partial charge >= 0.3 is 5.97 Å². The summed E-state index contributed by atoms with van der Waals surface area (Å²) in [5, 5.41) is 0. The van der Waals surface area contributed by atoms with Crippen molar-refractivity contribution in [2.45, 2.75) is 26.2 Å². The normalized spacial score (nSPS) is 11.3. The number of rotatable bonds is 3. The van der Waals surface area contributed by atoms with Crippen LogP contribution in [0.4, 0.5) is 8.78 Å². The average molecular weight is 228 g/mol. The molecule has 0 spiro atoms. The van der Waals surface area contributed by atoms with Crippen LogP contribution in [0.25, 0.3) is 0 Å². The van der Waals surface area contributed by atoms with Crippen LogP contribution in [0, 0.1) is 11.6 Å². The van der Waals surface area contributed by atoms with Gasteiger partial charge in [0.05, 0.1) is 12.0 Å². The van der Waals surface area contributed by atoms with Crippen molar-refractivity contribution in [3.8, 4) is 0 Å². The van der Waals surface area contributed by atoms with E-state index in [1.165, 1.54) is 13.8 Å². The van der Waals surface area contributed by atoms with Crippen LogP contribution in [0.15, 0.2) is 18.2 Å². The van der Waals surface area contributed by atoms with Gasteiger partial charge in [0.1, 0.15) is 11.6 Å². The predicted octanol–water partition coefficient (Wildman–Crippen LogP) is 2.81. The lowest BCUT2D eigenvalue weighted by atomic mass is 9.84. The standard InChI is InChI=1S/C12H14F2O2/c1-4-16-11(15)12(2,3)9-7-8(13)5-6-10(9)14/h5-7H,4H2,1-3H3. The van der Waals surface area contributed by atoms with E-state index in [-0.39, 0.29) is 12.2 Å². The maximum Gasteiger partial charge on any atom is 0.316 e. The lowest BCUT2D eigenvalue weighted by Crippen LogP contribution is -2.32. The van der Waals surface area contributed by atoms with Crippen molar-refractivity contribution in [1.82, 2.24) is 0 Å². The fourth-order valence-corrected chi connectivity index (χ4v) is 1.40. The van der Waals surface area contributed by atoms with E-state index in [4.69, 9.17) is 4.74 Å². The van der Waals surface area contributed by atoms with E-state index < -0.39 is 23.0 Å². The highest BCUT2D eigenvalue weighted by molar-refractivity contribution is 5.82. The Morgan fingerprint density at radius 3 is 2.56 bits per heavy atom. The molecule has 0 aliphatic heterocycles. The minimum Gasteiger partial charge on any atom is -0.465 e. The topological polar surface area (TPSA) is 26.3 Å². The molecule has 0 atom stereocenters. The van der Waals surface area contributed by atoms with Crippen LogP contribution in [-0.4, -0.2) is 12.6 Å². The molecular formula is C12H14F2O2. The molecule has 0 fully saturated rings. The summed E-state index contributed by atoms with van der Waals surface area (Å²) in [6.45, 7) is 4.88. The molecule has 88 valence electrons. The minimum atomic E-state index is -1.19. The summed E-state index contributed by atoms with van der Waals surface area (Å²) >= 11 is 0. The van der Waals surface area contributed by atoms with Gasteiger partial charge in [0.15, 0.2) is 0 Å². The number of esters is 1. The quantitative estimate of drug-likeness (QED) is 0.743. The lowest BCUT2D eigenvalue weighted by molar-refractivity contribution is -0.148. The van der Waals surface area contributed by atoms with Gasteiger partial charge in [0, 0.05) is 5.56 Å². The van der Waals surface area contributed by atoms with Gasteiger partial charge in [0.2, 0.25) is 0 Å². The third-order valence-electron chi connectivity index (χ3n) is 2.39. The Balaban J connectivity index is 3.15. The minimum absolute atomic E-state index is 0.00551. The van der Waals surface area contributed by atoms with Gasteiger partial charge in [-0.2, -0.15) is 0 Å². The zero-order valence-electron chi connectivity index (χ0n) is 9.51. The monoisotopic (exact) mass is 228 g/mol. The second kappa shape index (κ2) is 4.60.